The minimum Gasteiger partial charge on any atom is -0.330 e. The van der Waals surface area contributed by atoms with Crippen molar-refractivity contribution in [2.45, 2.75) is 51.2 Å². The molecule has 0 bridgehead atoms. The lowest BCUT2D eigenvalue weighted by molar-refractivity contribution is -0.148. The van der Waals surface area contributed by atoms with E-state index in [9.17, 15) is 18.8 Å². The van der Waals surface area contributed by atoms with E-state index in [0.717, 1.165) is 0 Å². The number of carbonyl (C=O) groups is 3. The molecule has 0 unspecified atom stereocenters. The smallest absolute Gasteiger partial charge is 0.278 e. The quantitative estimate of drug-likeness (QED) is 0.418. The molecule has 3 atom stereocenters. The maximum Gasteiger partial charge on any atom is 0.278 e. The van der Waals surface area contributed by atoms with Crippen LogP contribution in [-0.4, -0.2) is 46.6 Å². The molecule has 29 heavy (non-hydrogen) atoms. The van der Waals surface area contributed by atoms with Crippen molar-refractivity contribution in [1.29, 1.82) is 0 Å². The van der Waals surface area contributed by atoms with Gasteiger partial charge in [-0.15, -0.1) is 0 Å². The van der Waals surface area contributed by atoms with Crippen molar-refractivity contribution < 1.29 is 24.0 Å². The topological polar surface area (TPSA) is 98.7 Å². The van der Waals surface area contributed by atoms with Gasteiger partial charge in [-0.1, -0.05) is 43.0 Å². The van der Waals surface area contributed by atoms with E-state index >= 15 is 0 Å². The maximum atomic E-state index is 14.5. The first-order valence-electron chi connectivity index (χ1n) is 9.44. The van der Waals surface area contributed by atoms with Crippen molar-refractivity contribution >= 4 is 46.6 Å². The van der Waals surface area contributed by atoms with Crippen molar-refractivity contribution in [3.63, 3.8) is 0 Å². The van der Waals surface area contributed by atoms with Gasteiger partial charge >= 0.3 is 0 Å². The fourth-order valence-corrected chi connectivity index (χ4v) is 3.68. The monoisotopic (exact) mass is 447 g/mol. The Labute approximate surface area is 178 Å². The summed E-state index contributed by atoms with van der Waals surface area (Å²) in [7, 11) is 0. The zero-order valence-corrected chi connectivity index (χ0v) is 17.5. The third-order valence-electron chi connectivity index (χ3n) is 4.93. The Hall–Kier alpha value is -1.90. The molecule has 1 fully saturated rings. The van der Waals surface area contributed by atoms with E-state index < -0.39 is 35.9 Å². The molecule has 3 N–H and O–H groups in total. The van der Waals surface area contributed by atoms with Crippen LogP contribution >= 0.6 is 23.2 Å². The molecule has 10 heteroatoms. The Morgan fingerprint density at radius 1 is 1.31 bits per heavy atom. The molecule has 1 aromatic carbocycles. The standard InChI is InChI=1S/C19H24Cl2FN3O4/c1-2-3-5-12(16(22)18(27)24-29)19(28)25-9-4-6-15(25)17(26)23-11-7-8-13(20)14(21)10-11/h7-8,10,12,15-16,29H,2-6,9H2,1H3,(H,23,26)(H,24,27)/t12-,15+,16+/m1/s1. The number of benzene rings is 1. The molecule has 1 saturated heterocycles. The molecule has 0 aromatic heterocycles. The summed E-state index contributed by atoms with van der Waals surface area (Å²) in [5.74, 6) is -3.57. The first-order chi connectivity index (χ1) is 13.8. The zero-order chi connectivity index (χ0) is 21.6. The molecule has 0 saturated carbocycles. The minimum atomic E-state index is -2.20. The number of hydrogen-bond donors (Lipinski definition) is 3. The molecule has 2 rings (SSSR count). The molecule has 1 aliphatic rings. The van der Waals surface area contributed by atoms with Crippen LogP contribution in [0.3, 0.4) is 0 Å². The molecule has 1 aliphatic heterocycles. The summed E-state index contributed by atoms with van der Waals surface area (Å²) in [5, 5.41) is 12.0. The Bertz CT molecular complexity index is 765. The highest BCUT2D eigenvalue weighted by molar-refractivity contribution is 6.42. The Balaban J connectivity index is 2.15. The number of nitrogens with zero attached hydrogens (tertiary/aromatic N) is 1. The van der Waals surface area contributed by atoms with Crippen LogP contribution in [0.15, 0.2) is 18.2 Å². The van der Waals surface area contributed by atoms with Crippen LogP contribution in [0.4, 0.5) is 10.1 Å². The van der Waals surface area contributed by atoms with Crippen LogP contribution in [-0.2, 0) is 14.4 Å². The van der Waals surface area contributed by atoms with E-state index in [1.807, 2.05) is 6.92 Å². The van der Waals surface area contributed by atoms with Gasteiger partial charge in [0.05, 0.1) is 16.0 Å². The Morgan fingerprint density at radius 3 is 2.66 bits per heavy atom. The van der Waals surface area contributed by atoms with Crippen molar-refractivity contribution in [1.82, 2.24) is 10.4 Å². The number of likely N-dealkylation sites (tertiary alicyclic amines) is 1. The minimum absolute atomic E-state index is 0.140. The predicted octanol–water partition coefficient (Wildman–Crippen LogP) is 3.57. The van der Waals surface area contributed by atoms with Crippen molar-refractivity contribution in [3.05, 3.63) is 28.2 Å². The van der Waals surface area contributed by atoms with Gasteiger partial charge in [-0.3, -0.25) is 19.6 Å². The molecule has 1 heterocycles. The number of halogens is 3. The number of hydrogen-bond acceptors (Lipinski definition) is 4. The second kappa shape index (κ2) is 10.8. The molecule has 0 aliphatic carbocycles. The molecule has 3 amide bonds. The van der Waals surface area contributed by atoms with E-state index in [-0.39, 0.29) is 18.0 Å². The molecule has 160 valence electrons. The summed E-state index contributed by atoms with van der Waals surface area (Å²) >= 11 is 11.8. The fraction of sp³-hybridized carbons (Fsp3) is 0.526. The van der Waals surface area contributed by atoms with Crippen molar-refractivity contribution in [3.8, 4) is 0 Å². The second-order valence-corrected chi connectivity index (χ2v) is 7.75. The van der Waals surface area contributed by atoms with Crippen LogP contribution < -0.4 is 10.8 Å². The van der Waals surface area contributed by atoms with E-state index in [1.165, 1.54) is 16.4 Å². The lowest BCUT2D eigenvalue weighted by atomic mass is 9.94. The highest BCUT2D eigenvalue weighted by Gasteiger charge is 2.41. The number of hydroxylamine groups is 1. The summed E-state index contributed by atoms with van der Waals surface area (Å²) in [4.78, 5) is 38.6. The van der Waals surface area contributed by atoms with Gasteiger partial charge in [0.15, 0.2) is 6.17 Å². The summed E-state index contributed by atoms with van der Waals surface area (Å²) in [6.07, 6.45) is 0.180. The number of unbranched alkanes of at least 4 members (excludes halogenated alkanes) is 1. The lowest BCUT2D eigenvalue weighted by Crippen LogP contribution is -2.49. The van der Waals surface area contributed by atoms with Crippen LogP contribution in [0, 0.1) is 5.92 Å². The third kappa shape index (κ3) is 5.81. The van der Waals surface area contributed by atoms with Gasteiger partial charge in [0.2, 0.25) is 11.8 Å². The highest BCUT2D eigenvalue weighted by atomic mass is 35.5. The summed E-state index contributed by atoms with van der Waals surface area (Å²) in [6.45, 7) is 2.17. The average molecular weight is 448 g/mol. The van der Waals surface area contributed by atoms with Gasteiger partial charge in [0, 0.05) is 12.2 Å². The molecule has 1 aromatic rings. The molecular formula is C19H24Cl2FN3O4. The number of amides is 3. The molecule has 0 spiro atoms. The maximum absolute atomic E-state index is 14.5. The lowest BCUT2D eigenvalue weighted by Gasteiger charge is -2.29. The molecule has 7 nitrogen and oxygen atoms in total. The summed E-state index contributed by atoms with van der Waals surface area (Å²) in [6, 6.07) is 3.83. The van der Waals surface area contributed by atoms with Gasteiger partial charge in [0.1, 0.15) is 6.04 Å². The van der Waals surface area contributed by atoms with Gasteiger partial charge in [-0.05, 0) is 37.5 Å². The summed E-state index contributed by atoms with van der Waals surface area (Å²) < 4.78 is 14.5. The van der Waals surface area contributed by atoms with Crippen LogP contribution in [0.1, 0.15) is 39.0 Å². The number of alkyl halides is 1. The van der Waals surface area contributed by atoms with Crippen molar-refractivity contribution in [2.75, 3.05) is 11.9 Å². The molecule has 0 radical (unpaired) electrons. The largest absolute Gasteiger partial charge is 0.330 e. The van der Waals surface area contributed by atoms with E-state index in [4.69, 9.17) is 28.4 Å². The van der Waals surface area contributed by atoms with Crippen LogP contribution in [0.2, 0.25) is 10.0 Å². The van der Waals surface area contributed by atoms with Crippen molar-refractivity contribution in [2.24, 2.45) is 5.92 Å². The number of rotatable bonds is 8. The first-order valence-corrected chi connectivity index (χ1v) is 10.2. The average Bonchev–Trinajstić information content (AvgIpc) is 3.20. The Morgan fingerprint density at radius 2 is 2.03 bits per heavy atom. The van der Waals surface area contributed by atoms with Gasteiger partial charge in [0.25, 0.3) is 5.91 Å². The highest BCUT2D eigenvalue weighted by Crippen LogP contribution is 2.28. The zero-order valence-electron chi connectivity index (χ0n) is 16.0. The number of anilines is 1. The van der Waals surface area contributed by atoms with Crippen LogP contribution in [0.5, 0.6) is 0 Å². The number of carbonyl (C=O) groups excluding carboxylic acids is 3. The fourth-order valence-electron chi connectivity index (χ4n) is 3.38. The summed E-state index contributed by atoms with van der Waals surface area (Å²) in [5.41, 5.74) is 1.68. The van der Waals surface area contributed by atoms with E-state index in [2.05, 4.69) is 5.32 Å². The van der Waals surface area contributed by atoms with Gasteiger partial charge < -0.3 is 10.2 Å². The number of nitrogens with one attached hydrogen (secondary N) is 2. The third-order valence-corrected chi connectivity index (χ3v) is 5.66. The van der Waals surface area contributed by atoms with Gasteiger partial charge in [-0.2, -0.15) is 0 Å². The van der Waals surface area contributed by atoms with Crippen LogP contribution in [0.25, 0.3) is 0 Å². The SMILES string of the molecule is CCCC[C@@H](C(=O)N1CCC[C@H]1C(=O)Nc1ccc(Cl)c(Cl)c1)[C@H](F)C(=O)NO. The second-order valence-electron chi connectivity index (χ2n) is 6.93. The van der Waals surface area contributed by atoms with Gasteiger partial charge in [-0.25, -0.2) is 9.87 Å². The van der Waals surface area contributed by atoms with E-state index in [1.54, 1.807) is 12.1 Å². The van der Waals surface area contributed by atoms with E-state index in [0.29, 0.717) is 36.4 Å². The predicted molar refractivity (Wildman–Crippen MR) is 108 cm³/mol. The Kier molecular flexibility index (Phi) is 8.67. The first kappa shape index (κ1) is 23.4. The normalized spacial score (nSPS) is 18.2. The molecular weight excluding hydrogens is 424 g/mol.